The van der Waals surface area contributed by atoms with Crippen LogP contribution in [-0.4, -0.2) is 87.3 Å². The summed E-state index contributed by atoms with van der Waals surface area (Å²) in [7, 11) is 0. The second kappa shape index (κ2) is 12.4. The average Bonchev–Trinajstić information content (AvgIpc) is 3.58. The fourth-order valence-electron chi connectivity index (χ4n) is 7.65. The Labute approximate surface area is 280 Å². The number of carbonyl (C=O) groups is 2. The second-order valence-corrected chi connectivity index (χ2v) is 14.8. The number of amides is 2. The van der Waals surface area contributed by atoms with Crippen LogP contribution in [0.3, 0.4) is 0 Å². The van der Waals surface area contributed by atoms with Crippen LogP contribution in [0.1, 0.15) is 101 Å². The smallest absolute Gasteiger partial charge is 0.407 e. The van der Waals surface area contributed by atoms with Crippen LogP contribution in [0.5, 0.6) is 0 Å². The van der Waals surface area contributed by atoms with Gasteiger partial charge in [-0.3, -0.25) is 4.79 Å². The van der Waals surface area contributed by atoms with Gasteiger partial charge in [-0.15, -0.1) is 5.10 Å². The molecule has 258 valence electrons. The van der Waals surface area contributed by atoms with E-state index in [0.29, 0.717) is 30.2 Å². The second-order valence-electron chi connectivity index (χ2n) is 14.8. The first kappa shape index (κ1) is 32.5. The molecule has 4 atom stereocenters. The maximum Gasteiger partial charge on any atom is 0.407 e. The monoisotopic (exact) mass is 661 g/mol. The fourth-order valence-corrected chi connectivity index (χ4v) is 7.65. The van der Waals surface area contributed by atoms with Crippen molar-refractivity contribution in [2.24, 2.45) is 11.1 Å². The van der Waals surface area contributed by atoms with E-state index in [4.69, 9.17) is 35.0 Å². The lowest BCUT2D eigenvalue weighted by Gasteiger charge is -2.42. The van der Waals surface area contributed by atoms with Crippen LogP contribution in [0.4, 0.5) is 22.1 Å². The molecule has 14 heteroatoms. The zero-order valence-electron chi connectivity index (χ0n) is 28.6. The zero-order valence-corrected chi connectivity index (χ0v) is 28.6. The number of carbonyl (C=O) groups excluding carboxylic acids is 2. The maximum absolute atomic E-state index is 12.7. The number of alkyl carbamates (subject to hydrolysis) is 1. The Morgan fingerprint density at radius 1 is 1.06 bits per heavy atom. The van der Waals surface area contributed by atoms with Gasteiger partial charge in [0.15, 0.2) is 23.2 Å². The van der Waals surface area contributed by atoms with Gasteiger partial charge in [0, 0.05) is 37.6 Å². The summed E-state index contributed by atoms with van der Waals surface area (Å²) in [6.07, 6.45) is 6.49. The molecule has 1 spiro atoms. The maximum atomic E-state index is 12.7. The summed E-state index contributed by atoms with van der Waals surface area (Å²) in [6, 6.07) is 3.44. The SMILES string of the molecule is C[C@@H]1CCN(c2nn(C3CCCCO3)c3nc(N4CCC5(CC4)CO[C@@H](C)[C@H]5NC(=O)OC(C)(C)C)cnc23)c2ccc(C(N)=O)nc21. The van der Waals surface area contributed by atoms with Crippen molar-refractivity contribution in [3.63, 3.8) is 0 Å². The average molecular weight is 662 g/mol. The number of nitrogens with two attached hydrogens (primary N) is 1. The minimum absolute atomic E-state index is 0.107. The molecular formula is C34H47N9O5. The van der Waals surface area contributed by atoms with Crippen LogP contribution in [0.2, 0.25) is 0 Å². The Kier molecular flexibility index (Phi) is 8.43. The van der Waals surface area contributed by atoms with Crippen molar-refractivity contribution in [3.8, 4) is 0 Å². The van der Waals surface area contributed by atoms with E-state index in [1.165, 1.54) is 0 Å². The number of hydrogen-bond acceptors (Lipinski definition) is 11. The quantitative estimate of drug-likeness (QED) is 0.394. The first-order valence-corrected chi connectivity index (χ1v) is 17.2. The highest BCUT2D eigenvalue weighted by Gasteiger charge is 2.50. The van der Waals surface area contributed by atoms with Gasteiger partial charge in [0.25, 0.3) is 5.91 Å². The molecule has 0 bridgehead atoms. The Bertz CT molecular complexity index is 1690. The van der Waals surface area contributed by atoms with Crippen molar-refractivity contribution in [2.75, 3.05) is 42.6 Å². The van der Waals surface area contributed by atoms with Crippen LogP contribution in [0.25, 0.3) is 11.2 Å². The van der Waals surface area contributed by atoms with Gasteiger partial charge in [0.1, 0.15) is 17.1 Å². The molecule has 0 aliphatic carbocycles. The number of anilines is 3. The highest BCUT2D eigenvalue weighted by Crippen LogP contribution is 2.44. The Hall–Kier alpha value is -4.04. The van der Waals surface area contributed by atoms with Gasteiger partial charge < -0.3 is 35.1 Å². The lowest BCUT2D eigenvalue weighted by molar-refractivity contribution is -0.0368. The minimum Gasteiger partial charge on any atom is -0.444 e. The van der Waals surface area contributed by atoms with Crippen molar-refractivity contribution in [3.05, 3.63) is 29.7 Å². The van der Waals surface area contributed by atoms with Gasteiger partial charge in [-0.2, -0.15) is 0 Å². The van der Waals surface area contributed by atoms with Crippen molar-refractivity contribution in [1.82, 2.24) is 30.0 Å². The predicted molar refractivity (Wildman–Crippen MR) is 179 cm³/mol. The predicted octanol–water partition coefficient (Wildman–Crippen LogP) is 4.56. The van der Waals surface area contributed by atoms with E-state index in [9.17, 15) is 9.59 Å². The van der Waals surface area contributed by atoms with E-state index in [1.807, 2.05) is 44.6 Å². The van der Waals surface area contributed by atoms with Crippen LogP contribution >= 0.6 is 0 Å². The Morgan fingerprint density at radius 2 is 1.85 bits per heavy atom. The van der Waals surface area contributed by atoms with E-state index < -0.39 is 17.6 Å². The largest absolute Gasteiger partial charge is 0.444 e. The number of rotatable bonds is 5. The van der Waals surface area contributed by atoms with Crippen molar-refractivity contribution < 1.29 is 23.8 Å². The summed E-state index contributed by atoms with van der Waals surface area (Å²) in [6.45, 7) is 13.2. The number of ether oxygens (including phenoxy) is 3. The van der Waals surface area contributed by atoms with Gasteiger partial charge >= 0.3 is 6.09 Å². The summed E-state index contributed by atoms with van der Waals surface area (Å²) in [5.74, 6) is 1.10. The lowest BCUT2D eigenvalue weighted by atomic mass is 9.73. The first-order chi connectivity index (χ1) is 22.9. The molecule has 4 aliphatic rings. The lowest BCUT2D eigenvalue weighted by Crippen LogP contribution is -2.55. The van der Waals surface area contributed by atoms with Crippen molar-refractivity contribution in [2.45, 2.75) is 103 Å². The fraction of sp³-hybridized carbons (Fsp3) is 0.647. The van der Waals surface area contributed by atoms with E-state index in [0.717, 1.165) is 75.4 Å². The molecule has 3 N–H and O–H groups in total. The molecular weight excluding hydrogens is 614 g/mol. The molecule has 0 radical (unpaired) electrons. The molecule has 1 unspecified atom stereocenters. The molecule has 3 aromatic rings. The van der Waals surface area contributed by atoms with Crippen LogP contribution < -0.4 is 20.9 Å². The summed E-state index contributed by atoms with van der Waals surface area (Å²) < 4.78 is 19.8. The highest BCUT2D eigenvalue weighted by molar-refractivity contribution is 5.92. The van der Waals surface area contributed by atoms with E-state index in [2.05, 4.69) is 27.0 Å². The number of aromatic nitrogens is 5. The number of nitrogens with zero attached hydrogens (tertiary/aromatic N) is 7. The minimum atomic E-state index is -0.573. The van der Waals surface area contributed by atoms with Gasteiger partial charge in [-0.05, 0) is 78.4 Å². The summed E-state index contributed by atoms with van der Waals surface area (Å²) in [4.78, 5) is 43.9. The number of pyridine rings is 1. The number of fused-ring (bicyclic) bond motifs is 2. The standard InChI is InChI=1S/C34H47N9O5/c1-20-11-14-42(23-10-9-22(29(35)44)37-26(20)23)31-27-30(43(40-31)25-8-6-7-17-46-25)38-24(18-36-27)41-15-12-34(13-16-41)19-47-21(2)28(34)39-32(45)48-33(3,4)5/h9-10,18,20-21,25,28H,6-8,11-17,19H2,1-5H3,(H2,35,44)(H,39,45)/t20-,21+,25?,28-/m1/s1. The molecule has 4 aliphatic heterocycles. The topological polar surface area (TPSA) is 163 Å². The van der Waals surface area contributed by atoms with Gasteiger partial charge in [-0.25, -0.2) is 24.4 Å². The Morgan fingerprint density at radius 3 is 2.56 bits per heavy atom. The molecule has 3 saturated heterocycles. The van der Waals surface area contributed by atoms with Crippen LogP contribution in [-0.2, 0) is 14.2 Å². The molecule has 14 nitrogen and oxygen atoms in total. The third-order valence-electron chi connectivity index (χ3n) is 10.3. The molecule has 7 heterocycles. The van der Waals surface area contributed by atoms with Gasteiger partial charge in [0.05, 0.1) is 36.3 Å². The molecule has 7 rings (SSSR count). The van der Waals surface area contributed by atoms with Crippen LogP contribution in [0, 0.1) is 5.41 Å². The summed E-state index contributed by atoms with van der Waals surface area (Å²) in [5.41, 5.74) is 8.16. The normalized spacial score (nSPS) is 25.7. The summed E-state index contributed by atoms with van der Waals surface area (Å²) in [5, 5.41) is 8.25. The molecule has 0 saturated carbocycles. The third-order valence-corrected chi connectivity index (χ3v) is 10.3. The van der Waals surface area contributed by atoms with E-state index in [1.54, 1.807) is 6.07 Å². The first-order valence-electron chi connectivity index (χ1n) is 17.2. The van der Waals surface area contributed by atoms with E-state index in [-0.39, 0.29) is 35.4 Å². The third kappa shape index (κ3) is 6.04. The molecule has 2 amide bonds. The number of piperidine rings is 1. The van der Waals surface area contributed by atoms with Gasteiger partial charge in [-0.1, -0.05) is 6.92 Å². The molecule has 3 aromatic heterocycles. The number of nitrogens with one attached hydrogen (secondary N) is 1. The highest BCUT2D eigenvalue weighted by atomic mass is 16.6. The van der Waals surface area contributed by atoms with Crippen molar-refractivity contribution in [1.29, 1.82) is 0 Å². The molecule has 0 aromatic carbocycles. The Balaban J connectivity index is 1.18. The number of primary amides is 1. The van der Waals surface area contributed by atoms with E-state index >= 15 is 0 Å². The zero-order chi connectivity index (χ0) is 33.8. The van der Waals surface area contributed by atoms with Crippen molar-refractivity contribution >= 4 is 40.5 Å². The van der Waals surface area contributed by atoms with Crippen LogP contribution in [0.15, 0.2) is 18.3 Å². The summed E-state index contributed by atoms with van der Waals surface area (Å²) >= 11 is 0. The molecule has 48 heavy (non-hydrogen) atoms. The number of hydrogen-bond donors (Lipinski definition) is 2. The molecule has 3 fully saturated rings. The van der Waals surface area contributed by atoms with Gasteiger partial charge in [0.2, 0.25) is 0 Å².